The monoisotopic (exact) mass is 327 g/mol. The van der Waals surface area contributed by atoms with Crippen LogP contribution in [0.3, 0.4) is 0 Å². The zero-order chi connectivity index (χ0) is 17.5. The van der Waals surface area contributed by atoms with E-state index in [2.05, 4.69) is 5.32 Å². The zero-order valence-corrected chi connectivity index (χ0v) is 13.5. The lowest BCUT2D eigenvalue weighted by molar-refractivity contribution is -0.142. The number of amides is 1. The second-order valence-electron chi connectivity index (χ2n) is 5.65. The molecule has 5 nitrogen and oxygen atoms in total. The topological polar surface area (TPSA) is 86.6 Å². The first-order valence-corrected chi connectivity index (χ1v) is 7.86. The molecule has 0 saturated heterocycles. The number of hydrogen-bond donors (Lipinski definition) is 3. The lowest BCUT2D eigenvalue weighted by Crippen LogP contribution is -2.45. The number of phenolic OH excluding ortho intramolecular Hbond substituents is 1. The Morgan fingerprint density at radius 1 is 1.04 bits per heavy atom. The summed E-state index contributed by atoms with van der Waals surface area (Å²) in [5.41, 5.74) is 1.60. The average Bonchev–Trinajstić information content (AvgIpc) is 2.57. The molecule has 2 atom stereocenters. The smallest absolute Gasteiger partial charge is 0.326 e. The summed E-state index contributed by atoms with van der Waals surface area (Å²) in [6.07, 6.45) is 0.685. The van der Waals surface area contributed by atoms with Crippen LogP contribution in [0.2, 0.25) is 0 Å². The number of hydrogen-bond acceptors (Lipinski definition) is 3. The first-order chi connectivity index (χ1) is 11.5. The Morgan fingerprint density at radius 2 is 1.67 bits per heavy atom. The van der Waals surface area contributed by atoms with Crippen molar-refractivity contribution in [2.75, 3.05) is 0 Å². The van der Waals surface area contributed by atoms with E-state index in [0.717, 1.165) is 11.1 Å². The minimum Gasteiger partial charge on any atom is -0.508 e. The van der Waals surface area contributed by atoms with Crippen LogP contribution in [0.1, 0.15) is 30.4 Å². The number of rotatable bonds is 7. The van der Waals surface area contributed by atoms with Gasteiger partial charge in [-0.25, -0.2) is 4.79 Å². The Kier molecular flexibility index (Phi) is 5.95. The molecule has 2 rings (SSSR count). The van der Waals surface area contributed by atoms with Crippen LogP contribution >= 0.6 is 0 Å². The van der Waals surface area contributed by atoms with Crippen LogP contribution < -0.4 is 5.32 Å². The van der Waals surface area contributed by atoms with E-state index in [-0.39, 0.29) is 24.0 Å². The third kappa shape index (κ3) is 4.59. The summed E-state index contributed by atoms with van der Waals surface area (Å²) >= 11 is 0. The largest absolute Gasteiger partial charge is 0.508 e. The van der Waals surface area contributed by atoms with Crippen LogP contribution in [0.15, 0.2) is 54.6 Å². The standard InChI is InChI=1S/C19H21NO4/c1-2-16(14-8-10-15(21)11-9-14)18(19(23)24)20-17(22)12-13-6-4-3-5-7-13/h3-11,16,18,21H,2,12H2,1H3,(H,20,22)(H,23,24). The second-order valence-corrected chi connectivity index (χ2v) is 5.65. The molecule has 3 N–H and O–H groups in total. The highest BCUT2D eigenvalue weighted by molar-refractivity contribution is 5.85. The molecule has 2 aromatic rings. The second kappa shape index (κ2) is 8.15. The lowest BCUT2D eigenvalue weighted by Gasteiger charge is -2.24. The van der Waals surface area contributed by atoms with Crippen LogP contribution in [0.25, 0.3) is 0 Å². The summed E-state index contributed by atoms with van der Waals surface area (Å²) in [5, 5.41) is 21.6. The van der Waals surface area contributed by atoms with Crippen LogP contribution in [0, 0.1) is 0 Å². The van der Waals surface area contributed by atoms with Crippen molar-refractivity contribution >= 4 is 11.9 Å². The molecule has 0 heterocycles. The molecule has 5 heteroatoms. The molecule has 126 valence electrons. The maximum atomic E-state index is 12.2. The summed E-state index contributed by atoms with van der Waals surface area (Å²) in [4.78, 5) is 23.9. The highest BCUT2D eigenvalue weighted by Gasteiger charge is 2.29. The fourth-order valence-electron chi connectivity index (χ4n) is 2.73. The zero-order valence-electron chi connectivity index (χ0n) is 13.5. The molecule has 0 aliphatic carbocycles. The first-order valence-electron chi connectivity index (χ1n) is 7.86. The van der Waals surface area contributed by atoms with Crippen molar-refractivity contribution in [2.24, 2.45) is 0 Å². The van der Waals surface area contributed by atoms with Gasteiger partial charge in [-0.15, -0.1) is 0 Å². The average molecular weight is 327 g/mol. The normalized spacial score (nSPS) is 13.0. The van der Waals surface area contributed by atoms with Gasteiger partial charge >= 0.3 is 5.97 Å². The molecule has 0 aromatic heterocycles. The Hall–Kier alpha value is -2.82. The molecule has 0 fully saturated rings. The van der Waals surface area contributed by atoms with Crippen LogP contribution in [-0.4, -0.2) is 28.1 Å². The summed E-state index contributed by atoms with van der Waals surface area (Å²) in [6, 6.07) is 14.6. The Balaban J connectivity index is 2.13. The third-order valence-electron chi connectivity index (χ3n) is 3.95. The number of aliphatic carboxylic acids is 1. The van der Waals surface area contributed by atoms with Crippen molar-refractivity contribution < 1.29 is 19.8 Å². The first kappa shape index (κ1) is 17.5. The molecular weight excluding hydrogens is 306 g/mol. The van der Waals surface area contributed by atoms with E-state index in [1.165, 1.54) is 12.1 Å². The number of aromatic hydroxyl groups is 1. The van der Waals surface area contributed by atoms with E-state index < -0.39 is 12.0 Å². The summed E-state index contributed by atoms with van der Waals surface area (Å²) < 4.78 is 0. The van der Waals surface area contributed by atoms with Crippen molar-refractivity contribution in [1.29, 1.82) is 0 Å². The molecule has 0 spiro atoms. The minimum absolute atomic E-state index is 0.119. The van der Waals surface area contributed by atoms with E-state index in [0.29, 0.717) is 6.42 Å². The van der Waals surface area contributed by atoms with Crippen LogP contribution in [-0.2, 0) is 16.0 Å². The Labute approximate surface area is 141 Å². The number of benzene rings is 2. The van der Waals surface area contributed by atoms with Gasteiger partial charge in [-0.3, -0.25) is 4.79 Å². The number of nitrogens with one attached hydrogen (secondary N) is 1. The maximum absolute atomic E-state index is 12.2. The molecule has 0 aliphatic heterocycles. The number of carbonyl (C=O) groups excluding carboxylic acids is 1. The van der Waals surface area contributed by atoms with Crippen molar-refractivity contribution in [2.45, 2.75) is 31.7 Å². The van der Waals surface area contributed by atoms with Crippen molar-refractivity contribution in [3.63, 3.8) is 0 Å². The third-order valence-corrected chi connectivity index (χ3v) is 3.95. The highest BCUT2D eigenvalue weighted by atomic mass is 16.4. The Bertz CT molecular complexity index is 682. The van der Waals surface area contributed by atoms with Crippen LogP contribution in [0.4, 0.5) is 0 Å². The number of carboxylic acid groups (broad SMARTS) is 1. The molecule has 0 aliphatic rings. The van der Waals surface area contributed by atoms with E-state index in [9.17, 15) is 19.8 Å². The van der Waals surface area contributed by atoms with Crippen molar-refractivity contribution in [1.82, 2.24) is 5.32 Å². The number of phenols is 1. The van der Waals surface area contributed by atoms with Crippen LogP contribution in [0.5, 0.6) is 5.75 Å². The van der Waals surface area contributed by atoms with Gasteiger partial charge in [-0.05, 0) is 29.7 Å². The number of carboxylic acids is 1. The minimum atomic E-state index is -1.07. The SMILES string of the molecule is CCC(c1ccc(O)cc1)C(NC(=O)Cc1ccccc1)C(=O)O. The van der Waals surface area contributed by atoms with Gasteiger partial charge in [-0.2, -0.15) is 0 Å². The van der Waals surface area contributed by atoms with E-state index in [1.54, 1.807) is 12.1 Å². The number of carbonyl (C=O) groups is 2. The molecule has 1 amide bonds. The molecule has 24 heavy (non-hydrogen) atoms. The van der Waals surface area contributed by atoms with Gasteiger partial charge in [0.05, 0.1) is 6.42 Å². The molecule has 0 radical (unpaired) electrons. The molecule has 0 saturated carbocycles. The van der Waals surface area contributed by atoms with Gasteiger partial charge in [0.1, 0.15) is 11.8 Å². The highest BCUT2D eigenvalue weighted by Crippen LogP contribution is 2.25. The lowest BCUT2D eigenvalue weighted by atomic mass is 9.89. The molecular formula is C19H21NO4. The fourth-order valence-corrected chi connectivity index (χ4v) is 2.73. The summed E-state index contributed by atoms with van der Waals surface area (Å²) in [6.45, 7) is 1.87. The van der Waals surface area contributed by atoms with E-state index in [1.807, 2.05) is 37.3 Å². The van der Waals surface area contributed by atoms with Gasteiger partial charge in [-0.1, -0.05) is 49.4 Å². The van der Waals surface area contributed by atoms with Crippen molar-refractivity contribution in [3.05, 3.63) is 65.7 Å². The quantitative estimate of drug-likeness (QED) is 0.730. The summed E-state index contributed by atoms with van der Waals surface area (Å²) in [5.74, 6) is -1.65. The van der Waals surface area contributed by atoms with E-state index in [4.69, 9.17) is 0 Å². The predicted octanol–water partition coefficient (Wildman–Crippen LogP) is 2.70. The van der Waals surface area contributed by atoms with Gasteiger partial charge in [0.15, 0.2) is 0 Å². The van der Waals surface area contributed by atoms with Gasteiger partial charge in [0, 0.05) is 5.92 Å². The Morgan fingerprint density at radius 3 is 2.21 bits per heavy atom. The van der Waals surface area contributed by atoms with E-state index >= 15 is 0 Å². The van der Waals surface area contributed by atoms with Crippen molar-refractivity contribution in [3.8, 4) is 5.75 Å². The predicted molar refractivity (Wildman–Crippen MR) is 90.9 cm³/mol. The molecule has 0 bridgehead atoms. The summed E-state index contributed by atoms with van der Waals surface area (Å²) in [7, 11) is 0. The maximum Gasteiger partial charge on any atom is 0.326 e. The van der Waals surface area contributed by atoms with Gasteiger partial charge in [0.25, 0.3) is 0 Å². The molecule has 2 aromatic carbocycles. The van der Waals surface area contributed by atoms with Gasteiger partial charge in [0.2, 0.25) is 5.91 Å². The molecule has 2 unspecified atom stereocenters. The van der Waals surface area contributed by atoms with Gasteiger partial charge < -0.3 is 15.5 Å². The fraction of sp³-hybridized carbons (Fsp3) is 0.263.